The number of hydrogen-bond donors (Lipinski definition) is 0. The number of aromatic nitrogens is 1. The number of amides is 1. The molecule has 1 aliphatic rings. The molecule has 4 rings (SSSR count). The van der Waals surface area contributed by atoms with Gasteiger partial charge in [-0.05, 0) is 34.7 Å². The Morgan fingerprint density at radius 1 is 1.00 bits per heavy atom. The molecule has 1 fully saturated rings. The quantitative estimate of drug-likeness (QED) is 0.501. The number of carbonyl (C=O) groups excluding carboxylic acids is 1. The van der Waals surface area contributed by atoms with Crippen LogP contribution in [0.2, 0.25) is 0 Å². The molecule has 1 amide bonds. The van der Waals surface area contributed by atoms with Crippen molar-refractivity contribution in [3.05, 3.63) is 88.9 Å². The third kappa shape index (κ3) is 6.27. The van der Waals surface area contributed by atoms with Crippen molar-refractivity contribution < 1.29 is 18.3 Å². The molecule has 1 aliphatic heterocycles. The summed E-state index contributed by atoms with van der Waals surface area (Å²) in [6, 6.07) is 15.1. The summed E-state index contributed by atoms with van der Waals surface area (Å²) in [6.07, 6.45) is 1.43. The monoisotopic (exact) mass is 451 g/mol. The zero-order valence-electron chi connectivity index (χ0n) is 19.2. The smallest absolute Gasteiger partial charge is 0.275 e. The number of hydrogen-bond acceptors (Lipinski definition) is 5. The summed E-state index contributed by atoms with van der Waals surface area (Å²) >= 11 is 0. The van der Waals surface area contributed by atoms with E-state index in [9.17, 15) is 9.18 Å². The second-order valence-electron chi connectivity index (χ2n) is 8.70. The summed E-state index contributed by atoms with van der Waals surface area (Å²) in [5.74, 6) is 0.563. The number of morpholine rings is 1. The summed E-state index contributed by atoms with van der Waals surface area (Å²) < 4.78 is 24.3. The minimum atomic E-state index is -0.256. The van der Waals surface area contributed by atoms with Gasteiger partial charge in [-0.2, -0.15) is 0 Å². The van der Waals surface area contributed by atoms with Gasteiger partial charge in [-0.1, -0.05) is 50.2 Å². The molecule has 0 N–H and O–H groups in total. The first-order chi connectivity index (χ1) is 16.0. The predicted octanol–water partition coefficient (Wildman–Crippen LogP) is 4.61. The van der Waals surface area contributed by atoms with E-state index in [-0.39, 0.29) is 11.7 Å². The summed E-state index contributed by atoms with van der Waals surface area (Å²) in [7, 11) is 0. The van der Waals surface area contributed by atoms with Crippen molar-refractivity contribution in [3.63, 3.8) is 0 Å². The van der Waals surface area contributed by atoms with Crippen LogP contribution in [-0.4, -0.2) is 47.0 Å². The van der Waals surface area contributed by atoms with Gasteiger partial charge in [0.25, 0.3) is 5.91 Å². The SMILES string of the molecule is CC(C)c1ccc(CN(Cc2ccc(F)cc2)Cc2nc(C(=O)N3CCOCC3)co2)cc1. The second kappa shape index (κ2) is 10.7. The highest BCUT2D eigenvalue weighted by molar-refractivity contribution is 5.92. The average Bonchev–Trinajstić information content (AvgIpc) is 3.29. The predicted molar refractivity (Wildman–Crippen MR) is 123 cm³/mol. The van der Waals surface area contributed by atoms with E-state index in [0.717, 1.165) is 11.1 Å². The van der Waals surface area contributed by atoms with Gasteiger partial charge in [0.1, 0.15) is 12.1 Å². The minimum Gasteiger partial charge on any atom is -0.447 e. The number of oxazole rings is 1. The van der Waals surface area contributed by atoms with Crippen molar-refractivity contribution in [2.24, 2.45) is 0 Å². The molecular weight excluding hydrogens is 421 g/mol. The van der Waals surface area contributed by atoms with Gasteiger partial charge in [0, 0.05) is 26.2 Å². The highest BCUT2D eigenvalue weighted by atomic mass is 19.1. The zero-order valence-corrected chi connectivity index (χ0v) is 19.2. The van der Waals surface area contributed by atoms with Crippen molar-refractivity contribution in [1.29, 1.82) is 0 Å². The van der Waals surface area contributed by atoms with Crippen molar-refractivity contribution in [2.75, 3.05) is 26.3 Å². The van der Waals surface area contributed by atoms with E-state index in [1.54, 1.807) is 17.0 Å². The molecule has 1 saturated heterocycles. The van der Waals surface area contributed by atoms with Gasteiger partial charge in [-0.25, -0.2) is 9.37 Å². The number of benzene rings is 2. The Morgan fingerprint density at radius 2 is 1.61 bits per heavy atom. The molecule has 3 aromatic rings. The Morgan fingerprint density at radius 3 is 2.21 bits per heavy atom. The Labute approximate surface area is 194 Å². The maximum atomic E-state index is 13.4. The van der Waals surface area contributed by atoms with Crippen LogP contribution in [0.4, 0.5) is 4.39 Å². The van der Waals surface area contributed by atoms with E-state index in [0.29, 0.717) is 63.4 Å². The fourth-order valence-corrected chi connectivity index (χ4v) is 3.88. The molecule has 0 radical (unpaired) electrons. The largest absolute Gasteiger partial charge is 0.447 e. The zero-order chi connectivity index (χ0) is 23.2. The van der Waals surface area contributed by atoms with Crippen LogP contribution in [0.3, 0.4) is 0 Å². The van der Waals surface area contributed by atoms with Gasteiger partial charge >= 0.3 is 0 Å². The van der Waals surface area contributed by atoms with E-state index < -0.39 is 0 Å². The maximum Gasteiger partial charge on any atom is 0.275 e. The first kappa shape index (κ1) is 23.1. The Hall–Kier alpha value is -3.03. The molecule has 33 heavy (non-hydrogen) atoms. The van der Waals surface area contributed by atoms with Crippen LogP contribution in [0, 0.1) is 5.82 Å². The topological polar surface area (TPSA) is 58.8 Å². The highest BCUT2D eigenvalue weighted by Crippen LogP contribution is 2.19. The molecule has 0 saturated carbocycles. The molecular formula is C26H30FN3O3. The van der Waals surface area contributed by atoms with Crippen molar-refractivity contribution in [3.8, 4) is 0 Å². The molecule has 0 bridgehead atoms. The van der Waals surface area contributed by atoms with Crippen molar-refractivity contribution >= 4 is 5.91 Å². The molecule has 0 aliphatic carbocycles. The molecule has 2 aromatic carbocycles. The van der Waals surface area contributed by atoms with E-state index >= 15 is 0 Å². The van der Waals surface area contributed by atoms with Gasteiger partial charge in [-0.3, -0.25) is 9.69 Å². The van der Waals surface area contributed by atoms with Gasteiger partial charge < -0.3 is 14.1 Å². The third-order valence-corrected chi connectivity index (χ3v) is 5.80. The summed E-state index contributed by atoms with van der Waals surface area (Å²) in [5, 5.41) is 0. The summed E-state index contributed by atoms with van der Waals surface area (Å²) in [5.41, 5.74) is 3.77. The molecule has 174 valence electrons. The van der Waals surface area contributed by atoms with Crippen LogP contribution < -0.4 is 0 Å². The molecule has 7 heteroatoms. The lowest BCUT2D eigenvalue weighted by Crippen LogP contribution is -2.40. The first-order valence-electron chi connectivity index (χ1n) is 11.3. The average molecular weight is 452 g/mol. The normalized spacial score (nSPS) is 14.3. The standard InChI is InChI=1S/C26H30FN3O3/c1-19(2)22-7-3-20(4-8-22)15-29(16-21-5-9-23(27)10-6-21)17-25-28-24(18-33-25)26(31)30-11-13-32-14-12-30/h3-10,18-19H,11-17H2,1-2H3. The molecule has 2 heterocycles. The van der Waals surface area contributed by atoms with E-state index in [1.165, 1.54) is 24.0 Å². The Balaban J connectivity index is 1.48. The summed E-state index contributed by atoms with van der Waals surface area (Å²) in [6.45, 7) is 8.25. The Bertz CT molecular complexity index is 1040. The maximum absolute atomic E-state index is 13.4. The van der Waals surface area contributed by atoms with Gasteiger partial charge in [0.15, 0.2) is 5.69 Å². The number of nitrogens with zero attached hydrogens (tertiary/aromatic N) is 3. The van der Waals surface area contributed by atoms with E-state index in [1.807, 2.05) is 0 Å². The molecule has 0 atom stereocenters. The van der Waals surface area contributed by atoms with Crippen LogP contribution in [0.1, 0.15) is 52.8 Å². The minimum absolute atomic E-state index is 0.136. The van der Waals surface area contributed by atoms with Crippen LogP contribution >= 0.6 is 0 Å². The lowest BCUT2D eigenvalue weighted by Gasteiger charge is -2.25. The molecule has 0 spiro atoms. The fourth-order valence-electron chi connectivity index (χ4n) is 3.88. The highest BCUT2D eigenvalue weighted by Gasteiger charge is 2.22. The first-order valence-corrected chi connectivity index (χ1v) is 11.3. The van der Waals surface area contributed by atoms with Crippen LogP contribution in [-0.2, 0) is 24.4 Å². The number of halogens is 1. The fraction of sp³-hybridized carbons (Fsp3) is 0.385. The van der Waals surface area contributed by atoms with E-state index in [4.69, 9.17) is 9.15 Å². The third-order valence-electron chi connectivity index (χ3n) is 5.80. The molecule has 6 nitrogen and oxygen atoms in total. The van der Waals surface area contributed by atoms with E-state index in [2.05, 4.69) is 48.0 Å². The lowest BCUT2D eigenvalue weighted by molar-refractivity contribution is 0.0299. The van der Waals surface area contributed by atoms with Crippen LogP contribution in [0.5, 0.6) is 0 Å². The molecule has 0 unspecified atom stereocenters. The van der Waals surface area contributed by atoms with Gasteiger partial charge in [-0.15, -0.1) is 0 Å². The summed E-state index contributed by atoms with van der Waals surface area (Å²) in [4.78, 5) is 21.1. The molecule has 1 aromatic heterocycles. The Kier molecular flexibility index (Phi) is 7.52. The number of rotatable bonds is 8. The number of ether oxygens (including phenoxy) is 1. The van der Waals surface area contributed by atoms with Gasteiger partial charge in [0.2, 0.25) is 5.89 Å². The van der Waals surface area contributed by atoms with Crippen LogP contribution in [0.15, 0.2) is 59.2 Å². The van der Waals surface area contributed by atoms with Crippen LogP contribution in [0.25, 0.3) is 0 Å². The number of carbonyl (C=O) groups is 1. The lowest BCUT2D eigenvalue weighted by atomic mass is 10.0. The second-order valence-corrected chi connectivity index (χ2v) is 8.70. The van der Waals surface area contributed by atoms with Crippen molar-refractivity contribution in [1.82, 2.24) is 14.8 Å². The van der Waals surface area contributed by atoms with Gasteiger partial charge in [0.05, 0.1) is 19.8 Å². The van der Waals surface area contributed by atoms with Crippen molar-refractivity contribution in [2.45, 2.75) is 39.4 Å².